The molecule has 136 valence electrons. The fourth-order valence-electron chi connectivity index (χ4n) is 2.34. The first-order valence-corrected chi connectivity index (χ1v) is 8.34. The van der Waals surface area contributed by atoms with E-state index in [1.807, 2.05) is 60.5 Å². The predicted molar refractivity (Wildman–Crippen MR) is 102 cm³/mol. The number of nitrogens with one attached hydrogen (secondary N) is 1. The van der Waals surface area contributed by atoms with Crippen LogP contribution in [0.25, 0.3) is 0 Å². The fourth-order valence-corrected chi connectivity index (χ4v) is 2.34. The highest BCUT2D eigenvalue weighted by Gasteiger charge is 2.06. The summed E-state index contributed by atoms with van der Waals surface area (Å²) in [6.07, 6.45) is 0. The number of ether oxygens (including phenoxy) is 2. The zero-order valence-electron chi connectivity index (χ0n) is 15.4. The van der Waals surface area contributed by atoms with Gasteiger partial charge in [0.1, 0.15) is 18.1 Å². The van der Waals surface area contributed by atoms with Crippen molar-refractivity contribution in [2.24, 2.45) is 4.99 Å². The summed E-state index contributed by atoms with van der Waals surface area (Å²) in [4.78, 5) is 6.30. The molecule has 6 heteroatoms. The molecular formula is C20H24N4O2. The van der Waals surface area contributed by atoms with Crippen molar-refractivity contribution in [3.05, 3.63) is 59.7 Å². The molecule has 0 aromatic heterocycles. The molecule has 0 amide bonds. The number of methoxy groups -OCH3 is 1. The van der Waals surface area contributed by atoms with E-state index in [0.29, 0.717) is 25.3 Å². The number of hydrogen-bond acceptors (Lipinski definition) is 4. The van der Waals surface area contributed by atoms with Crippen LogP contribution >= 0.6 is 0 Å². The maximum Gasteiger partial charge on any atom is 0.193 e. The highest BCUT2D eigenvalue weighted by atomic mass is 16.5. The van der Waals surface area contributed by atoms with E-state index in [9.17, 15) is 0 Å². The van der Waals surface area contributed by atoms with Crippen LogP contribution in [0.15, 0.2) is 53.5 Å². The lowest BCUT2D eigenvalue weighted by atomic mass is 10.1. The van der Waals surface area contributed by atoms with Gasteiger partial charge in [-0.1, -0.05) is 12.1 Å². The Balaban J connectivity index is 1.78. The van der Waals surface area contributed by atoms with Crippen LogP contribution in [0.1, 0.15) is 11.1 Å². The highest BCUT2D eigenvalue weighted by molar-refractivity contribution is 5.79. The Bertz CT molecular complexity index is 749. The number of nitriles is 1. The van der Waals surface area contributed by atoms with Crippen molar-refractivity contribution in [2.75, 3.05) is 34.4 Å². The topological polar surface area (TPSA) is 69.9 Å². The number of likely N-dealkylation sites (N-methyl/N-ethyl adjacent to an activating group) is 1. The van der Waals surface area contributed by atoms with Crippen LogP contribution in [0, 0.1) is 11.3 Å². The average Bonchev–Trinajstić information content (AvgIpc) is 2.69. The predicted octanol–water partition coefficient (Wildman–Crippen LogP) is 2.65. The maximum atomic E-state index is 8.84. The quantitative estimate of drug-likeness (QED) is 0.613. The van der Waals surface area contributed by atoms with Gasteiger partial charge in [-0.05, 0) is 42.0 Å². The monoisotopic (exact) mass is 352 g/mol. The van der Waals surface area contributed by atoms with Crippen molar-refractivity contribution in [3.63, 3.8) is 0 Å². The number of rotatable bonds is 7. The molecule has 0 atom stereocenters. The van der Waals surface area contributed by atoms with Crippen LogP contribution in [0.3, 0.4) is 0 Å². The smallest absolute Gasteiger partial charge is 0.193 e. The van der Waals surface area contributed by atoms with Gasteiger partial charge in [0.2, 0.25) is 0 Å². The second-order valence-corrected chi connectivity index (χ2v) is 5.66. The molecule has 0 bridgehead atoms. The molecule has 2 rings (SSSR count). The first-order valence-electron chi connectivity index (χ1n) is 8.34. The molecule has 0 fully saturated rings. The summed E-state index contributed by atoms with van der Waals surface area (Å²) in [6.45, 7) is 1.88. The Hall–Kier alpha value is -3.20. The van der Waals surface area contributed by atoms with Gasteiger partial charge in [-0.3, -0.25) is 4.99 Å². The van der Waals surface area contributed by atoms with E-state index in [4.69, 9.17) is 14.7 Å². The van der Waals surface area contributed by atoms with Gasteiger partial charge < -0.3 is 19.7 Å². The summed E-state index contributed by atoms with van der Waals surface area (Å²) < 4.78 is 10.9. The number of guanidine groups is 1. The van der Waals surface area contributed by atoms with Crippen LogP contribution in [-0.4, -0.2) is 45.2 Å². The molecule has 0 saturated carbocycles. The minimum Gasteiger partial charge on any atom is -0.497 e. The first kappa shape index (κ1) is 19.1. The number of aliphatic imine (C=N–C) groups is 1. The van der Waals surface area contributed by atoms with Gasteiger partial charge in [0.05, 0.1) is 25.3 Å². The van der Waals surface area contributed by atoms with Crippen LogP contribution in [0.4, 0.5) is 0 Å². The van der Waals surface area contributed by atoms with Gasteiger partial charge in [0.15, 0.2) is 5.96 Å². The van der Waals surface area contributed by atoms with E-state index in [1.54, 1.807) is 14.2 Å². The molecule has 26 heavy (non-hydrogen) atoms. The van der Waals surface area contributed by atoms with E-state index in [2.05, 4.69) is 16.4 Å². The molecule has 0 heterocycles. The third-order valence-electron chi connectivity index (χ3n) is 3.86. The van der Waals surface area contributed by atoms with Crippen molar-refractivity contribution in [1.29, 1.82) is 5.26 Å². The zero-order chi connectivity index (χ0) is 18.8. The maximum absolute atomic E-state index is 8.84. The van der Waals surface area contributed by atoms with Gasteiger partial charge >= 0.3 is 0 Å². The average molecular weight is 352 g/mol. The summed E-state index contributed by atoms with van der Waals surface area (Å²) in [5, 5.41) is 12.1. The fraction of sp³-hybridized carbons (Fsp3) is 0.300. The highest BCUT2D eigenvalue weighted by Crippen LogP contribution is 2.16. The minimum atomic E-state index is 0.542. The first-order chi connectivity index (χ1) is 12.7. The lowest BCUT2D eigenvalue weighted by Gasteiger charge is -2.22. The molecule has 0 radical (unpaired) electrons. The second kappa shape index (κ2) is 9.94. The van der Waals surface area contributed by atoms with E-state index in [1.165, 1.54) is 0 Å². The van der Waals surface area contributed by atoms with E-state index in [-0.39, 0.29) is 0 Å². The van der Waals surface area contributed by atoms with Crippen LogP contribution in [0.5, 0.6) is 11.5 Å². The summed E-state index contributed by atoms with van der Waals surface area (Å²) in [5.41, 5.74) is 1.75. The van der Waals surface area contributed by atoms with Gasteiger partial charge in [-0.25, -0.2) is 0 Å². The molecule has 1 N–H and O–H groups in total. The van der Waals surface area contributed by atoms with Gasteiger partial charge in [-0.2, -0.15) is 5.26 Å². The number of hydrogen-bond donors (Lipinski definition) is 1. The molecule has 0 aliphatic rings. The van der Waals surface area contributed by atoms with Gasteiger partial charge in [-0.15, -0.1) is 0 Å². The summed E-state index contributed by atoms with van der Waals surface area (Å²) in [6, 6.07) is 17.1. The second-order valence-electron chi connectivity index (χ2n) is 5.66. The van der Waals surface area contributed by atoms with E-state index >= 15 is 0 Å². The Morgan fingerprint density at radius 3 is 2.35 bits per heavy atom. The lowest BCUT2D eigenvalue weighted by molar-refractivity contribution is 0.281. The molecular weight excluding hydrogens is 328 g/mol. The molecule has 0 aliphatic heterocycles. The van der Waals surface area contributed by atoms with Crippen molar-refractivity contribution >= 4 is 5.96 Å². The van der Waals surface area contributed by atoms with Crippen LogP contribution in [-0.2, 0) is 6.54 Å². The molecule has 0 spiro atoms. The molecule has 6 nitrogen and oxygen atoms in total. The third-order valence-corrected chi connectivity index (χ3v) is 3.86. The third kappa shape index (κ3) is 5.71. The zero-order valence-corrected chi connectivity index (χ0v) is 15.4. The van der Waals surface area contributed by atoms with E-state index in [0.717, 1.165) is 23.0 Å². The summed E-state index contributed by atoms with van der Waals surface area (Å²) in [5.74, 6) is 2.40. The van der Waals surface area contributed by atoms with Crippen molar-refractivity contribution < 1.29 is 9.47 Å². The van der Waals surface area contributed by atoms with Crippen LogP contribution in [0.2, 0.25) is 0 Å². The Kier molecular flexibility index (Phi) is 7.31. The Labute approximate surface area is 154 Å². The number of nitrogens with zero attached hydrogens (tertiary/aromatic N) is 3. The summed E-state index contributed by atoms with van der Waals surface area (Å²) in [7, 11) is 5.36. The Morgan fingerprint density at radius 1 is 1.12 bits per heavy atom. The van der Waals surface area contributed by atoms with Gasteiger partial charge in [0.25, 0.3) is 0 Å². The SMILES string of the molecule is CN=C(NCc1ccc(C#N)cc1)N(C)CCOc1ccc(OC)cc1. The lowest BCUT2D eigenvalue weighted by Crippen LogP contribution is -2.40. The largest absolute Gasteiger partial charge is 0.497 e. The molecule has 2 aromatic rings. The molecule has 0 saturated heterocycles. The van der Waals surface area contributed by atoms with E-state index < -0.39 is 0 Å². The molecule has 0 aliphatic carbocycles. The van der Waals surface area contributed by atoms with Crippen molar-refractivity contribution in [2.45, 2.75) is 6.54 Å². The van der Waals surface area contributed by atoms with Crippen molar-refractivity contribution in [1.82, 2.24) is 10.2 Å². The Morgan fingerprint density at radius 2 is 1.77 bits per heavy atom. The standard InChI is InChI=1S/C20H24N4O2/c1-22-20(23-15-17-6-4-16(14-21)5-7-17)24(2)12-13-26-19-10-8-18(25-3)9-11-19/h4-11H,12-13,15H2,1-3H3,(H,22,23). The number of benzene rings is 2. The normalized spacial score (nSPS) is 10.8. The molecule has 2 aromatic carbocycles. The van der Waals surface area contributed by atoms with Crippen molar-refractivity contribution in [3.8, 4) is 17.6 Å². The van der Waals surface area contributed by atoms with Gasteiger partial charge in [0, 0.05) is 20.6 Å². The molecule has 0 unspecified atom stereocenters. The minimum absolute atomic E-state index is 0.542. The van der Waals surface area contributed by atoms with Crippen LogP contribution < -0.4 is 14.8 Å². The summed E-state index contributed by atoms with van der Waals surface area (Å²) >= 11 is 0.